The van der Waals surface area contributed by atoms with Gasteiger partial charge in [0.15, 0.2) is 6.04 Å². The van der Waals surface area contributed by atoms with Crippen molar-refractivity contribution >= 4 is 29.2 Å². The molecule has 0 aliphatic rings. The van der Waals surface area contributed by atoms with Crippen LogP contribution in [-0.2, 0) is 9.53 Å². The third-order valence-corrected chi connectivity index (χ3v) is 3.64. The van der Waals surface area contributed by atoms with Crippen LogP contribution in [0.1, 0.15) is 22.0 Å². The fourth-order valence-corrected chi connectivity index (χ4v) is 2.37. The predicted octanol–water partition coefficient (Wildman–Crippen LogP) is 2.60. The van der Waals surface area contributed by atoms with E-state index in [1.165, 1.54) is 30.3 Å². The zero-order chi connectivity index (χ0) is 18.6. The first kappa shape index (κ1) is 18.2. The van der Waals surface area contributed by atoms with Crippen molar-refractivity contribution in [2.24, 2.45) is 0 Å². The fourth-order valence-electron chi connectivity index (χ4n) is 2.11. The smallest absolute Gasteiger partial charge is 0.333 e. The second-order valence-electron chi connectivity index (χ2n) is 4.95. The van der Waals surface area contributed by atoms with E-state index < -0.39 is 22.8 Å². The van der Waals surface area contributed by atoms with Crippen molar-refractivity contribution < 1.29 is 24.4 Å². The lowest BCUT2D eigenvalue weighted by atomic mass is 10.1. The van der Waals surface area contributed by atoms with Crippen LogP contribution in [0.4, 0.5) is 5.69 Å². The molecule has 0 aliphatic heterocycles. The molecule has 0 saturated heterocycles. The summed E-state index contributed by atoms with van der Waals surface area (Å²) in [6.07, 6.45) is 0. The highest BCUT2D eigenvalue weighted by Gasteiger charge is 2.26. The standard InChI is InChI=1S/C16H13ClN2O6/c1-25-16(22)14(9-3-2-4-11(20)7-9)18-15(21)12-6-5-10(19(23)24)8-13(12)17/h2-8,14,20H,1H3,(H,18,21)/t14-/m1/s1. The molecule has 2 rings (SSSR count). The Labute approximate surface area is 147 Å². The normalized spacial score (nSPS) is 11.4. The Balaban J connectivity index is 2.31. The van der Waals surface area contributed by atoms with Crippen LogP contribution in [0.15, 0.2) is 42.5 Å². The van der Waals surface area contributed by atoms with E-state index in [1.807, 2.05) is 0 Å². The molecule has 0 radical (unpaired) electrons. The van der Waals surface area contributed by atoms with Crippen molar-refractivity contribution in [3.8, 4) is 5.75 Å². The number of aromatic hydroxyl groups is 1. The molecule has 0 bridgehead atoms. The molecule has 0 aliphatic carbocycles. The number of benzene rings is 2. The summed E-state index contributed by atoms with van der Waals surface area (Å²) < 4.78 is 4.67. The molecule has 0 fully saturated rings. The topological polar surface area (TPSA) is 119 Å². The third-order valence-electron chi connectivity index (χ3n) is 3.32. The van der Waals surface area contributed by atoms with E-state index in [2.05, 4.69) is 10.1 Å². The minimum atomic E-state index is -1.18. The number of nitro benzene ring substituents is 1. The van der Waals surface area contributed by atoms with E-state index in [0.29, 0.717) is 5.56 Å². The zero-order valence-electron chi connectivity index (χ0n) is 12.9. The molecular formula is C16H13ClN2O6. The van der Waals surface area contributed by atoms with Gasteiger partial charge < -0.3 is 15.2 Å². The summed E-state index contributed by atoms with van der Waals surface area (Å²) in [7, 11) is 1.16. The molecule has 9 heteroatoms. The van der Waals surface area contributed by atoms with E-state index in [1.54, 1.807) is 0 Å². The van der Waals surface area contributed by atoms with Crippen LogP contribution in [-0.4, -0.2) is 29.0 Å². The van der Waals surface area contributed by atoms with Crippen LogP contribution >= 0.6 is 11.6 Å². The number of non-ortho nitro benzene ring substituents is 1. The Kier molecular flexibility index (Phi) is 5.56. The highest BCUT2D eigenvalue weighted by atomic mass is 35.5. The number of carbonyl (C=O) groups is 2. The maximum absolute atomic E-state index is 12.4. The average molecular weight is 365 g/mol. The van der Waals surface area contributed by atoms with Crippen LogP contribution in [0, 0.1) is 10.1 Å². The lowest BCUT2D eigenvalue weighted by molar-refractivity contribution is -0.384. The first-order valence-corrected chi connectivity index (χ1v) is 7.33. The van der Waals surface area contributed by atoms with Crippen molar-refractivity contribution in [3.63, 3.8) is 0 Å². The summed E-state index contributed by atoms with van der Waals surface area (Å²) in [6.45, 7) is 0. The SMILES string of the molecule is COC(=O)[C@H](NC(=O)c1ccc([N+](=O)[O-])cc1Cl)c1cccc(O)c1. The minimum Gasteiger partial charge on any atom is -0.508 e. The first-order valence-electron chi connectivity index (χ1n) is 6.95. The van der Waals surface area contributed by atoms with Gasteiger partial charge in [0, 0.05) is 12.1 Å². The molecule has 25 heavy (non-hydrogen) atoms. The number of carbonyl (C=O) groups excluding carboxylic acids is 2. The van der Waals surface area contributed by atoms with Crippen LogP contribution in [0.2, 0.25) is 5.02 Å². The van der Waals surface area contributed by atoms with Gasteiger partial charge in [-0.1, -0.05) is 23.7 Å². The van der Waals surface area contributed by atoms with Crippen LogP contribution in [0.5, 0.6) is 5.75 Å². The summed E-state index contributed by atoms with van der Waals surface area (Å²) in [5.41, 5.74) is -0.00129. The Morgan fingerprint density at radius 3 is 2.56 bits per heavy atom. The number of halogens is 1. The number of nitro groups is 1. The van der Waals surface area contributed by atoms with E-state index in [9.17, 15) is 24.8 Å². The van der Waals surface area contributed by atoms with E-state index in [0.717, 1.165) is 19.2 Å². The van der Waals surface area contributed by atoms with Crippen molar-refractivity contribution in [2.45, 2.75) is 6.04 Å². The monoisotopic (exact) mass is 364 g/mol. The highest BCUT2D eigenvalue weighted by Crippen LogP contribution is 2.24. The van der Waals surface area contributed by atoms with Gasteiger partial charge in [0.25, 0.3) is 11.6 Å². The number of rotatable bonds is 5. The van der Waals surface area contributed by atoms with E-state index >= 15 is 0 Å². The molecule has 8 nitrogen and oxygen atoms in total. The molecule has 0 spiro atoms. The van der Waals surface area contributed by atoms with Gasteiger partial charge >= 0.3 is 5.97 Å². The van der Waals surface area contributed by atoms with Gasteiger partial charge in [-0.05, 0) is 23.8 Å². The fraction of sp³-hybridized carbons (Fsp3) is 0.125. The molecule has 0 heterocycles. The molecule has 130 valence electrons. The number of hydrogen-bond acceptors (Lipinski definition) is 6. The lowest BCUT2D eigenvalue weighted by Crippen LogP contribution is -2.34. The van der Waals surface area contributed by atoms with Gasteiger partial charge in [-0.2, -0.15) is 0 Å². The number of nitrogens with zero attached hydrogens (tertiary/aromatic N) is 1. The number of ether oxygens (including phenoxy) is 1. The second-order valence-corrected chi connectivity index (χ2v) is 5.35. The molecule has 0 unspecified atom stereocenters. The Morgan fingerprint density at radius 1 is 1.28 bits per heavy atom. The van der Waals surface area contributed by atoms with Gasteiger partial charge in [0.2, 0.25) is 0 Å². The maximum atomic E-state index is 12.4. The van der Waals surface area contributed by atoms with Gasteiger partial charge in [0.1, 0.15) is 5.75 Å². The Bertz CT molecular complexity index is 839. The Morgan fingerprint density at radius 2 is 2.00 bits per heavy atom. The number of methoxy groups -OCH3 is 1. The quantitative estimate of drug-likeness (QED) is 0.478. The van der Waals surface area contributed by atoms with Gasteiger partial charge in [0.05, 0.1) is 22.6 Å². The number of esters is 1. The van der Waals surface area contributed by atoms with Crippen molar-refractivity contribution in [3.05, 3.63) is 68.7 Å². The van der Waals surface area contributed by atoms with Crippen molar-refractivity contribution in [2.75, 3.05) is 7.11 Å². The maximum Gasteiger partial charge on any atom is 0.333 e. The second kappa shape index (κ2) is 7.63. The third kappa shape index (κ3) is 4.24. The summed E-state index contributed by atoms with van der Waals surface area (Å²) >= 11 is 5.92. The van der Waals surface area contributed by atoms with E-state index in [-0.39, 0.29) is 22.0 Å². The molecule has 0 saturated carbocycles. The van der Waals surface area contributed by atoms with Crippen molar-refractivity contribution in [1.82, 2.24) is 5.32 Å². The van der Waals surface area contributed by atoms with Gasteiger partial charge in [-0.3, -0.25) is 14.9 Å². The van der Waals surface area contributed by atoms with Gasteiger partial charge in [-0.25, -0.2) is 4.79 Å². The summed E-state index contributed by atoms with van der Waals surface area (Å²) in [5.74, 6) is -1.57. The largest absolute Gasteiger partial charge is 0.508 e. The van der Waals surface area contributed by atoms with Gasteiger partial charge in [-0.15, -0.1) is 0 Å². The number of phenolic OH excluding ortho intramolecular Hbond substituents is 1. The lowest BCUT2D eigenvalue weighted by Gasteiger charge is -2.17. The molecule has 1 atom stereocenters. The molecule has 0 aromatic heterocycles. The Hall–Kier alpha value is -3.13. The summed E-state index contributed by atoms with van der Waals surface area (Å²) in [4.78, 5) is 34.5. The zero-order valence-corrected chi connectivity index (χ0v) is 13.7. The predicted molar refractivity (Wildman–Crippen MR) is 88.4 cm³/mol. The summed E-state index contributed by atoms with van der Waals surface area (Å²) in [5, 5.41) is 22.6. The average Bonchev–Trinajstić information content (AvgIpc) is 2.58. The number of nitrogens with one attached hydrogen (secondary N) is 1. The molecule has 2 aromatic rings. The van der Waals surface area contributed by atoms with Crippen molar-refractivity contribution in [1.29, 1.82) is 0 Å². The molecule has 1 amide bonds. The molecule has 2 N–H and O–H groups in total. The number of hydrogen-bond donors (Lipinski definition) is 2. The van der Waals surface area contributed by atoms with Crippen LogP contribution in [0.25, 0.3) is 0 Å². The first-order chi connectivity index (χ1) is 11.8. The van der Waals surface area contributed by atoms with Crippen LogP contribution in [0.3, 0.4) is 0 Å². The molecule has 2 aromatic carbocycles. The number of phenols is 1. The molecular weight excluding hydrogens is 352 g/mol. The minimum absolute atomic E-state index is 0.0404. The highest BCUT2D eigenvalue weighted by molar-refractivity contribution is 6.34. The summed E-state index contributed by atoms with van der Waals surface area (Å²) in [6, 6.07) is 7.92. The number of amides is 1. The van der Waals surface area contributed by atoms with Crippen LogP contribution < -0.4 is 5.32 Å². The van der Waals surface area contributed by atoms with E-state index in [4.69, 9.17) is 11.6 Å².